The number of hydrogen-bond acceptors (Lipinski definition) is 8. The van der Waals surface area contributed by atoms with Crippen molar-refractivity contribution in [2.24, 2.45) is 17.4 Å². The van der Waals surface area contributed by atoms with Crippen LogP contribution >= 0.6 is 0 Å². The van der Waals surface area contributed by atoms with Crippen LogP contribution in [-0.4, -0.2) is 57.0 Å². The third-order valence-electron chi connectivity index (χ3n) is 11.0. The number of likely N-dealkylation sites (tertiary alicyclic amines) is 1. The predicted octanol–water partition coefficient (Wildman–Crippen LogP) is 2.85. The van der Waals surface area contributed by atoms with Crippen LogP contribution in [0.2, 0.25) is 0 Å². The zero-order chi connectivity index (χ0) is 33.7. The fourth-order valence-corrected chi connectivity index (χ4v) is 8.65. The maximum Gasteiger partial charge on any atom is 0.459 e. The lowest BCUT2D eigenvalue weighted by Crippen LogP contribution is -2.47. The van der Waals surface area contributed by atoms with Gasteiger partial charge < -0.3 is 26.2 Å². The first-order valence-corrected chi connectivity index (χ1v) is 17.0. The molecule has 3 aliphatic carbocycles. The first-order chi connectivity index (χ1) is 23.1. The molecule has 1 aromatic heterocycles. The van der Waals surface area contributed by atoms with Gasteiger partial charge in [-0.05, 0) is 104 Å². The highest BCUT2D eigenvalue weighted by Gasteiger charge is 2.54. The number of nitrogens with zero attached hydrogens (tertiary/aromatic N) is 4. The summed E-state index contributed by atoms with van der Waals surface area (Å²) in [6.07, 6.45) is 7.88. The second-order valence-corrected chi connectivity index (χ2v) is 14.0. The van der Waals surface area contributed by atoms with Crippen molar-refractivity contribution < 1.29 is 18.9 Å². The average Bonchev–Trinajstić information content (AvgIpc) is 3.61. The number of aromatic nitrogens is 2. The van der Waals surface area contributed by atoms with E-state index in [9.17, 15) is 24.4 Å². The van der Waals surface area contributed by atoms with Crippen LogP contribution < -0.4 is 22.5 Å². The van der Waals surface area contributed by atoms with Crippen molar-refractivity contribution in [1.82, 2.24) is 19.9 Å². The van der Waals surface area contributed by atoms with Gasteiger partial charge in [0, 0.05) is 23.2 Å². The fraction of sp³-hybridized carbons (Fsp3) is 0.500. The average molecular weight is 652 g/mol. The van der Waals surface area contributed by atoms with Crippen LogP contribution in [0.1, 0.15) is 113 Å². The Hall–Kier alpha value is -4.76. The van der Waals surface area contributed by atoms with E-state index in [1.807, 2.05) is 19.1 Å². The molecule has 7 rings (SSSR count). The largest absolute Gasteiger partial charge is 0.459 e. The molecule has 5 N–H and O–H groups in total. The van der Waals surface area contributed by atoms with Crippen LogP contribution in [0, 0.1) is 17.2 Å². The van der Waals surface area contributed by atoms with Crippen molar-refractivity contribution in [1.29, 1.82) is 5.26 Å². The Morgan fingerprint density at radius 2 is 1.65 bits per heavy atom. The molecule has 3 amide bonds. The van der Waals surface area contributed by atoms with Crippen LogP contribution in [0.5, 0.6) is 0 Å². The molecular formula is C36H41N7O5. The molecule has 2 heterocycles. The lowest BCUT2D eigenvalue weighted by molar-refractivity contribution is -0.131. The second-order valence-electron chi connectivity index (χ2n) is 14.0. The summed E-state index contributed by atoms with van der Waals surface area (Å²) >= 11 is 0. The van der Waals surface area contributed by atoms with Crippen molar-refractivity contribution in [2.75, 3.05) is 6.54 Å². The fourth-order valence-electron chi connectivity index (χ4n) is 8.65. The van der Waals surface area contributed by atoms with Gasteiger partial charge in [0.25, 0.3) is 0 Å². The molecule has 0 spiro atoms. The van der Waals surface area contributed by atoms with Gasteiger partial charge in [-0.25, -0.2) is 4.79 Å². The van der Waals surface area contributed by atoms with Crippen molar-refractivity contribution in [3.63, 3.8) is 0 Å². The molecule has 2 aromatic carbocycles. The van der Waals surface area contributed by atoms with E-state index >= 15 is 0 Å². The third kappa shape index (κ3) is 5.49. The number of nitriles is 1. The lowest BCUT2D eigenvalue weighted by atomic mass is 9.67. The predicted molar refractivity (Wildman–Crippen MR) is 175 cm³/mol. The maximum atomic E-state index is 13.5. The number of piperidine rings is 1. The molecule has 3 aromatic rings. The highest BCUT2D eigenvalue weighted by molar-refractivity contribution is 5.94. The number of rotatable bonds is 9. The van der Waals surface area contributed by atoms with Gasteiger partial charge in [0.1, 0.15) is 6.04 Å². The third-order valence-corrected chi connectivity index (χ3v) is 11.0. The van der Waals surface area contributed by atoms with Gasteiger partial charge in [0.15, 0.2) is 5.82 Å². The topological polar surface area (TPSA) is 190 Å². The quantitative estimate of drug-likeness (QED) is 0.315. The zero-order valence-corrected chi connectivity index (χ0v) is 27.1. The molecule has 250 valence electrons. The van der Waals surface area contributed by atoms with E-state index in [-0.39, 0.29) is 30.6 Å². The molecule has 3 fully saturated rings. The van der Waals surface area contributed by atoms with Crippen LogP contribution in [-0.2, 0) is 23.1 Å². The summed E-state index contributed by atoms with van der Waals surface area (Å²) in [6.45, 7) is 2.04. The van der Waals surface area contributed by atoms with Crippen LogP contribution in [0.25, 0.3) is 0 Å². The first-order valence-electron chi connectivity index (χ1n) is 17.0. The molecule has 0 radical (unpaired) electrons. The number of nitrogens with one attached hydrogen (secondary N) is 1. The van der Waals surface area contributed by atoms with E-state index < -0.39 is 29.0 Å². The Labute approximate surface area is 278 Å². The SMILES string of the molecule is C[C@H](CC1(c2nc(=O)on2C2CCCCC2)c2ccc(C(N)=O)cc2CCc2cc(C(N)=O)ccc21)NCC(=O)N1[C@H](C#N)C[C@@H]2C[C@@H]21. The van der Waals surface area contributed by atoms with E-state index in [2.05, 4.69) is 16.4 Å². The number of benzene rings is 2. The number of hydrogen-bond donors (Lipinski definition) is 3. The van der Waals surface area contributed by atoms with E-state index in [1.165, 1.54) is 0 Å². The summed E-state index contributed by atoms with van der Waals surface area (Å²) in [5.74, 6) is -1.04. The molecule has 4 atom stereocenters. The molecule has 12 nitrogen and oxygen atoms in total. The molecular weight excluding hydrogens is 610 g/mol. The summed E-state index contributed by atoms with van der Waals surface area (Å²) in [4.78, 5) is 57.7. The molecule has 48 heavy (non-hydrogen) atoms. The van der Waals surface area contributed by atoms with E-state index in [1.54, 1.807) is 33.9 Å². The number of carbonyl (C=O) groups is 3. The molecule has 1 saturated heterocycles. The van der Waals surface area contributed by atoms with Crippen molar-refractivity contribution in [3.8, 4) is 6.07 Å². The highest BCUT2D eigenvalue weighted by Crippen LogP contribution is 2.49. The van der Waals surface area contributed by atoms with Gasteiger partial charge in [-0.3, -0.25) is 14.4 Å². The molecule has 12 heteroatoms. The van der Waals surface area contributed by atoms with Gasteiger partial charge in [0.2, 0.25) is 17.7 Å². The standard InChI is InChI=1S/C36H41N7O5/c1-20(40-19-31(44)42-27(18-37)15-25-16-30(25)42)17-36(34-41-35(47)48-43(34)26-5-3-2-4-6-26)28-11-9-23(32(38)45)13-21(28)7-8-22-14-24(33(39)46)10-12-29(22)36/h9-14,20,25-27,30,40H,2-8,15-17,19H2,1H3,(H2,38,45)(H2,39,46)/t20-,25-,27+,30+/m1/s1. The Bertz CT molecular complexity index is 1820. The number of amides is 3. The van der Waals surface area contributed by atoms with Gasteiger partial charge in [-0.1, -0.05) is 31.4 Å². The van der Waals surface area contributed by atoms with Crippen LogP contribution in [0.3, 0.4) is 0 Å². The minimum atomic E-state index is -1.09. The minimum absolute atomic E-state index is 0.0494. The summed E-state index contributed by atoms with van der Waals surface area (Å²) in [6, 6.07) is 12.5. The summed E-state index contributed by atoms with van der Waals surface area (Å²) in [5, 5.41) is 13.1. The van der Waals surface area contributed by atoms with Crippen LogP contribution in [0.4, 0.5) is 0 Å². The normalized spacial score (nSPS) is 23.2. The molecule has 4 aliphatic rings. The van der Waals surface area contributed by atoms with Crippen molar-refractivity contribution >= 4 is 17.7 Å². The van der Waals surface area contributed by atoms with Crippen molar-refractivity contribution in [2.45, 2.75) is 101 Å². The van der Waals surface area contributed by atoms with Gasteiger partial charge >= 0.3 is 5.76 Å². The smallest absolute Gasteiger partial charge is 0.366 e. The number of nitrogens with two attached hydrogens (primary N) is 2. The maximum absolute atomic E-state index is 13.5. The number of primary amides is 2. The number of fused-ring (bicyclic) bond motifs is 3. The Morgan fingerprint density at radius 1 is 1.02 bits per heavy atom. The zero-order valence-electron chi connectivity index (χ0n) is 27.1. The second kappa shape index (κ2) is 12.4. The number of carbonyl (C=O) groups excluding carboxylic acids is 3. The summed E-state index contributed by atoms with van der Waals surface area (Å²) in [7, 11) is 0. The van der Waals surface area contributed by atoms with E-state index in [0.29, 0.717) is 42.1 Å². The monoisotopic (exact) mass is 651 g/mol. The van der Waals surface area contributed by atoms with Crippen LogP contribution in [0.15, 0.2) is 45.7 Å². The Morgan fingerprint density at radius 3 is 2.23 bits per heavy atom. The molecule has 2 saturated carbocycles. The van der Waals surface area contributed by atoms with E-state index in [4.69, 9.17) is 16.0 Å². The van der Waals surface area contributed by atoms with Gasteiger partial charge in [-0.2, -0.15) is 15.0 Å². The van der Waals surface area contributed by atoms with Gasteiger partial charge in [-0.15, -0.1) is 0 Å². The summed E-state index contributed by atoms with van der Waals surface area (Å²) < 4.78 is 7.61. The summed E-state index contributed by atoms with van der Waals surface area (Å²) in [5.41, 5.74) is 14.5. The Kier molecular flexibility index (Phi) is 8.19. The Balaban J connectivity index is 1.37. The van der Waals surface area contributed by atoms with E-state index in [0.717, 1.165) is 67.2 Å². The molecule has 0 bridgehead atoms. The molecule has 0 unspecified atom stereocenters. The number of aryl methyl sites for hydroxylation is 2. The minimum Gasteiger partial charge on any atom is -0.366 e. The highest BCUT2D eigenvalue weighted by atomic mass is 16.5. The first kappa shape index (κ1) is 31.8. The lowest BCUT2D eigenvalue weighted by Gasteiger charge is -2.39. The molecule has 1 aliphatic heterocycles. The van der Waals surface area contributed by atoms with Crippen molar-refractivity contribution in [3.05, 3.63) is 86.2 Å². The van der Waals surface area contributed by atoms with Gasteiger partial charge in [0.05, 0.1) is 24.1 Å².